The van der Waals surface area contributed by atoms with Gasteiger partial charge in [-0.05, 0) is 49.1 Å². The average Bonchev–Trinajstić information content (AvgIpc) is 3.46. The fourth-order valence-electron chi connectivity index (χ4n) is 4.96. The molecule has 1 aliphatic heterocycles. The van der Waals surface area contributed by atoms with Crippen molar-refractivity contribution in [2.24, 2.45) is 5.41 Å². The molecule has 2 aromatic heterocycles. The predicted octanol–water partition coefficient (Wildman–Crippen LogP) is 6.77. The van der Waals surface area contributed by atoms with Crippen LogP contribution in [0.1, 0.15) is 53.3 Å². The normalized spacial score (nSPS) is 23.1. The molecule has 12 nitrogen and oxygen atoms in total. The third-order valence-electron chi connectivity index (χ3n) is 8.25. The van der Waals surface area contributed by atoms with E-state index in [9.17, 15) is 4.57 Å². The van der Waals surface area contributed by atoms with Gasteiger partial charge in [0.05, 0.1) is 50.9 Å². The maximum Gasteiger partial charge on any atom is 0.474 e. The molecule has 1 aliphatic rings. The van der Waals surface area contributed by atoms with E-state index in [1.165, 1.54) is 0 Å². The molecule has 4 atom stereocenters. The van der Waals surface area contributed by atoms with Gasteiger partial charge >= 0.3 is 7.82 Å². The highest BCUT2D eigenvalue weighted by Gasteiger charge is 2.58. The van der Waals surface area contributed by atoms with Crippen molar-refractivity contribution in [2.45, 2.75) is 84.7 Å². The average molecular weight is 670 g/mol. The molecule has 3 aromatic rings. The molecule has 0 radical (unpaired) electrons. The number of fused-ring (bicyclic) bond motifs is 1. The van der Waals surface area contributed by atoms with Crippen LogP contribution in [0.25, 0.3) is 11.2 Å². The van der Waals surface area contributed by atoms with Crippen molar-refractivity contribution in [3.63, 3.8) is 0 Å². The monoisotopic (exact) mass is 669 g/mol. The highest BCUT2D eigenvalue weighted by atomic mass is 35.5. The quantitative estimate of drug-likeness (QED) is 0.110. The second-order valence-electron chi connectivity index (χ2n) is 12.6. The Morgan fingerprint density at radius 1 is 1.11 bits per heavy atom. The fraction of sp³-hybridized carbons (Fsp3) is 0.621. The Kier molecular flexibility index (Phi) is 11.0. The van der Waals surface area contributed by atoms with Gasteiger partial charge in [0.1, 0.15) is 17.8 Å². The number of imidazole rings is 1. The van der Waals surface area contributed by atoms with Crippen LogP contribution < -0.4 is 5.73 Å². The second-order valence-corrected chi connectivity index (χ2v) is 19.4. The van der Waals surface area contributed by atoms with Crippen LogP contribution in [0.3, 0.4) is 0 Å². The number of ether oxygens (including phenoxy) is 2. The Labute approximate surface area is 265 Å². The molecule has 0 saturated carbocycles. The predicted molar refractivity (Wildman–Crippen MR) is 172 cm³/mol. The van der Waals surface area contributed by atoms with Crippen LogP contribution in [-0.2, 0) is 38.6 Å². The molecule has 0 spiro atoms. The van der Waals surface area contributed by atoms with Crippen molar-refractivity contribution in [3.8, 4) is 0 Å². The Hall–Kier alpha value is -1.93. The Morgan fingerprint density at radius 2 is 1.77 bits per heavy atom. The number of aromatic nitrogens is 4. The molecule has 15 heteroatoms. The van der Waals surface area contributed by atoms with Gasteiger partial charge in [-0.1, -0.05) is 58.0 Å². The summed E-state index contributed by atoms with van der Waals surface area (Å²) < 4.78 is 52.1. The van der Waals surface area contributed by atoms with E-state index in [1.807, 2.05) is 37.3 Å². The van der Waals surface area contributed by atoms with Crippen molar-refractivity contribution in [1.29, 1.82) is 0 Å². The van der Waals surface area contributed by atoms with E-state index in [0.717, 1.165) is 5.56 Å². The van der Waals surface area contributed by atoms with Gasteiger partial charge in [0.15, 0.2) is 19.8 Å². The number of nitrogens with zero attached hydrogens (tertiary/aromatic N) is 4. The number of nitrogens with two attached hydrogens (primary N) is 1. The fourth-order valence-corrected chi connectivity index (χ4v) is 7.73. The number of anilines is 1. The van der Waals surface area contributed by atoms with Crippen molar-refractivity contribution in [2.75, 3.05) is 32.2 Å². The summed E-state index contributed by atoms with van der Waals surface area (Å²) in [7, 11) is -6.26. The number of nitrogen functional groups attached to an aromatic ring is 1. The van der Waals surface area contributed by atoms with Gasteiger partial charge in [-0.15, -0.1) is 0 Å². The number of phosphoric acid groups is 1. The molecule has 2 N–H and O–H groups in total. The number of hydrogen-bond donors (Lipinski definition) is 1. The van der Waals surface area contributed by atoms with Crippen molar-refractivity contribution >= 4 is 44.7 Å². The number of hydrogen-bond acceptors (Lipinski definition) is 11. The van der Waals surface area contributed by atoms with Gasteiger partial charge in [-0.2, -0.15) is 9.97 Å². The first-order valence-corrected chi connectivity index (χ1v) is 19.5. The zero-order valence-corrected chi connectivity index (χ0v) is 29.4. The van der Waals surface area contributed by atoms with Crippen LogP contribution in [0.15, 0.2) is 36.7 Å². The Balaban J connectivity index is 1.79. The third kappa shape index (κ3) is 7.54. The van der Waals surface area contributed by atoms with E-state index in [2.05, 4.69) is 48.8 Å². The first kappa shape index (κ1) is 34.9. The van der Waals surface area contributed by atoms with Crippen LogP contribution in [0.4, 0.5) is 5.82 Å². The molecule has 244 valence electrons. The SMILES string of the molecule is CCOP(=O)(OCC)OC[C@H]1O[C@@H](n2cnc3c(N)nc(Cl)nc32)[C@@](C)(COCc2ccccc2)[C@H]1O[Si](C)(C)C(C)(C)C. The van der Waals surface area contributed by atoms with E-state index in [-0.39, 0.29) is 42.6 Å². The van der Waals surface area contributed by atoms with Gasteiger partial charge in [0.2, 0.25) is 5.28 Å². The minimum atomic E-state index is -3.85. The number of benzene rings is 1. The van der Waals surface area contributed by atoms with Gasteiger partial charge in [0.25, 0.3) is 0 Å². The molecule has 0 bridgehead atoms. The first-order chi connectivity index (χ1) is 20.6. The lowest BCUT2D eigenvalue weighted by molar-refractivity contribution is -0.0738. The van der Waals surface area contributed by atoms with Crippen LogP contribution in [0.5, 0.6) is 0 Å². The van der Waals surface area contributed by atoms with Crippen LogP contribution in [-0.4, -0.2) is 66.5 Å². The summed E-state index contributed by atoms with van der Waals surface area (Å²) in [6.07, 6.45) is -0.367. The summed E-state index contributed by atoms with van der Waals surface area (Å²) in [6.45, 7) is 17.2. The molecule has 1 aromatic carbocycles. The molecular formula is C29H45ClN5O7PSi. The highest BCUT2D eigenvalue weighted by Crippen LogP contribution is 2.54. The molecule has 1 saturated heterocycles. The standard InChI is InChI=1S/C29H45ClN5O7PSi/c1-9-38-43(36,39-10-2)40-17-21-23(42-44(7,8)28(3,4)5)29(6,18-37-16-20-14-12-11-13-15-20)26(41-21)35-19-32-22-24(31)33-27(30)34-25(22)35/h11-15,19,21,23,26H,9-10,16-18H2,1-8H3,(H2,31,33,34)/t21-,23+,26-,29+/m1/s1. The summed E-state index contributed by atoms with van der Waals surface area (Å²) in [6, 6.07) is 9.92. The lowest BCUT2D eigenvalue weighted by Crippen LogP contribution is -2.52. The van der Waals surface area contributed by atoms with E-state index in [1.54, 1.807) is 24.7 Å². The lowest BCUT2D eigenvalue weighted by atomic mass is 9.83. The van der Waals surface area contributed by atoms with E-state index in [0.29, 0.717) is 17.8 Å². The van der Waals surface area contributed by atoms with Gasteiger partial charge in [0, 0.05) is 0 Å². The largest absolute Gasteiger partial charge is 0.474 e. The van der Waals surface area contributed by atoms with Crippen LogP contribution in [0, 0.1) is 5.41 Å². The van der Waals surface area contributed by atoms with Crippen LogP contribution >= 0.6 is 19.4 Å². The van der Waals surface area contributed by atoms with Gasteiger partial charge < -0.3 is 19.6 Å². The summed E-state index contributed by atoms with van der Waals surface area (Å²) in [5.41, 5.74) is 7.15. The van der Waals surface area contributed by atoms with E-state index in [4.69, 9.17) is 44.8 Å². The molecule has 4 rings (SSSR count). The summed E-state index contributed by atoms with van der Waals surface area (Å²) in [4.78, 5) is 13.0. The van der Waals surface area contributed by atoms with Gasteiger partial charge in [-0.3, -0.25) is 18.1 Å². The van der Waals surface area contributed by atoms with Crippen molar-refractivity contribution in [3.05, 3.63) is 47.5 Å². The summed E-state index contributed by atoms with van der Waals surface area (Å²) >= 11 is 6.23. The van der Waals surface area contributed by atoms with Gasteiger partial charge in [-0.25, -0.2) is 9.55 Å². The zero-order valence-electron chi connectivity index (χ0n) is 26.8. The minimum Gasteiger partial charge on any atom is -0.410 e. The maximum absolute atomic E-state index is 13.3. The smallest absolute Gasteiger partial charge is 0.410 e. The minimum absolute atomic E-state index is 0.0138. The molecule has 0 aliphatic carbocycles. The van der Waals surface area contributed by atoms with Crippen LogP contribution in [0.2, 0.25) is 23.4 Å². The summed E-state index contributed by atoms with van der Waals surface area (Å²) in [5.74, 6) is 0.155. The lowest BCUT2D eigenvalue weighted by Gasteiger charge is -2.44. The third-order valence-corrected chi connectivity index (χ3v) is 14.5. The summed E-state index contributed by atoms with van der Waals surface area (Å²) in [5, 5.41) is -0.134. The molecule has 0 amide bonds. The number of phosphoric ester groups is 1. The second kappa shape index (κ2) is 13.8. The van der Waals surface area contributed by atoms with Crippen molar-refractivity contribution in [1.82, 2.24) is 19.5 Å². The van der Waals surface area contributed by atoms with E-state index >= 15 is 0 Å². The zero-order chi connectivity index (χ0) is 32.3. The van der Waals surface area contributed by atoms with E-state index < -0.39 is 40.0 Å². The highest BCUT2D eigenvalue weighted by molar-refractivity contribution is 7.48. The molecule has 44 heavy (non-hydrogen) atoms. The Bertz CT molecular complexity index is 1450. The maximum atomic E-state index is 13.3. The topological polar surface area (TPSA) is 142 Å². The number of halogens is 1. The molecule has 1 fully saturated rings. The van der Waals surface area contributed by atoms with Crippen molar-refractivity contribution < 1.29 is 32.0 Å². The number of rotatable bonds is 14. The first-order valence-electron chi connectivity index (χ1n) is 14.8. The molecule has 3 heterocycles. The molecular weight excluding hydrogens is 625 g/mol. The molecule has 0 unspecified atom stereocenters. The Morgan fingerprint density at radius 3 is 2.39 bits per heavy atom.